The quantitative estimate of drug-likeness (QED) is 0.727. The average Bonchev–Trinajstić information content (AvgIpc) is 2.63. The van der Waals surface area contributed by atoms with Gasteiger partial charge in [0, 0.05) is 25.8 Å². The van der Waals surface area contributed by atoms with Crippen LogP contribution in [0.25, 0.3) is 0 Å². The van der Waals surface area contributed by atoms with Crippen molar-refractivity contribution in [1.29, 1.82) is 0 Å². The van der Waals surface area contributed by atoms with Gasteiger partial charge in [-0.05, 0) is 50.1 Å². The van der Waals surface area contributed by atoms with Crippen molar-refractivity contribution in [2.24, 2.45) is 5.14 Å². The van der Waals surface area contributed by atoms with E-state index in [-0.39, 0.29) is 10.8 Å². The highest BCUT2D eigenvalue weighted by Gasteiger charge is 2.09. The zero-order valence-corrected chi connectivity index (χ0v) is 15.8. The number of sulfonamides is 1. The van der Waals surface area contributed by atoms with Crippen molar-refractivity contribution in [2.75, 3.05) is 24.5 Å². The summed E-state index contributed by atoms with van der Waals surface area (Å²) in [5.41, 5.74) is 1.41. The van der Waals surface area contributed by atoms with Crippen molar-refractivity contribution >= 4 is 21.7 Å². The molecular formula is C18H24N4O3S. The Morgan fingerprint density at radius 3 is 2.27 bits per heavy atom. The second-order valence-corrected chi connectivity index (χ2v) is 7.33. The van der Waals surface area contributed by atoms with E-state index in [2.05, 4.69) is 29.0 Å². The van der Waals surface area contributed by atoms with Gasteiger partial charge in [-0.2, -0.15) is 0 Å². The topological polar surface area (TPSA) is 105 Å². The Bertz CT molecular complexity index is 830. The Labute approximate surface area is 154 Å². The van der Waals surface area contributed by atoms with Crippen LogP contribution in [-0.2, 0) is 16.4 Å². The summed E-state index contributed by atoms with van der Waals surface area (Å²) >= 11 is 0. The first-order valence-corrected chi connectivity index (χ1v) is 10.0. The lowest BCUT2D eigenvalue weighted by Crippen LogP contribution is -2.26. The molecule has 0 saturated heterocycles. The molecule has 0 fully saturated rings. The highest BCUT2D eigenvalue weighted by atomic mass is 32.2. The number of aromatic nitrogens is 1. The minimum absolute atomic E-state index is 0.0738. The van der Waals surface area contributed by atoms with Gasteiger partial charge in [0.25, 0.3) is 5.91 Å². The van der Waals surface area contributed by atoms with E-state index in [1.807, 2.05) is 6.07 Å². The van der Waals surface area contributed by atoms with Crippen LogP contribution in [0.3, 0.4) is 0 Å². The monoisotopic (exact) mass is 376 g/mol. The summed E-state index contributed by atoms with van der Waals surface area (Å²) in [4.78, 5) is 18.7. The zero-order chi connectivity index (χ0) is 19.2. The Morgan fingerprint density at radius 1 is 1.12 bits per heavy atom. The molecule has 2 rings (SSSR count). The lowest BCUT2D eigenvalue weighted by atomic mass is 10.1. The zero-order valence-electron chi connectivity index (χ0n) is 15.0. The summed E-state index contributed by atoms with van der Waals surface area (Å²) in [6.07, 6.45) is 2.16. The number of primary sulfonamides is 1. The van der Waals surface area contributed by atoms with Gasteiger partial charge < -0.3 is 10.2 Å². The molecule has 0 saturated carbocycles. The van der Waals surface area contributed by atoms with Crippen molar-refractivity contribution in [3.05, 3.63) is 53.7 Å². The number of amides is 1. The number of carbonyl (C=O) groups is 1. The number of nitrogens with zero attached hydrogens (tertiary/aromatic N) is 2. The molecule has 0 unspecified atom stereocenters. The smallest absolute Gasteiger partial charge is 0.252 e. The number of rotatable bonds is 8. The predicted molar refractivity (Wildman–Crippen MR) is 102 cm³/mol. The summed E-state index contributed by atoms with van der Waals surface area (Å²) in [6, 6.07) is 9.90. The van der Waals surface area contributed by atoms with E-state index >= 15 is 0 Å². The molecule has 1 heterocycles. The molecule has 7 nitrogen and oxygen atoms in total. The van der Waals surface area contributed by atoms with Gasteiger partial charge in [-0.25, -0.2) is 18.5 Å². The summed E-state index contributed by atoms with van der Waals surface area (Å²) in [5, 5.41) is 7.90. The lowest BCUT2D eigenvalue weighted by Gasteiger charge is -2.19. The number of pyridine rings is 1. The van der Waals surface area contributed by atoms with E-state index in [0.29, 0.717) is 18.5 Å². The standard InChI is InChI=1S/C18H24N4O3S/c1-3-22(4-2)17-10-7-15(13-21-17)18(23)20-12-11-14-5-8-16(9-6-14)26(19,24)25/h5-10,13H,3-4,11-12H2,1-2H3,(H,20,23)(H2,19,24,25). The Morgan fingerprint density at radius 2 is 1.77 bits per heavy atom. The van der Waals surface area contributed by atoms with E-state index in [1.165, 1.54) is 12.1 Å². The van der Waals surface area contributed by atoms with Gasteiger partial charge in [-0.1, -0.05) is 12.1 Å². The Kier molecular flexibility index (Phi) is 6.70. The molecule has 0 spiro atoms. The molecule has 3 N–H and O–H groups in total. The van der Waals surface area contributed by atoms with Crippen LogP contribution in [0.15, 0.2) is 47.5 Å². The van der Waals surface area contributed by atoms with Crippen molar-refractivity contribution in [1.82, 2.24) is 10.3 Å². The van der Waals surface area contributed by atoms with Gasteiger partial charge in [0.2, 0.25) is 10.0 Å². The minimum Gasteiger partial charge on any atom is -0.357 e. The molecule has 0 atom stereocenters. The van der Waals surface area contributed by atoms with Crippen LogP contribution < -0.4 is 15.4 Å². The fourth-order valence-corrected chi connectivity index (χ4v) is 3.04. The van der Waals surface area contributed by atoms with Crippen molar-refractivity contribution in [3.8, 4) is 0 Å². The largest absolute Gasteiger partial charge is 0.357 e. The van der Waals surface area contributed by atoms with Gasteiger partial charge in [0.1, 0.15) is 5.82 Å². The predicted octanol–water partition coefficient (Wildman–Crippen LogP) is 1.55. The SMILES string of the molecule is CCN(CC)c1ccc(C(=O)NCCc2ccc(S(N)(=O)=O)cc2)cn1. The molecule has 0 radical (unpaired) electrons. The van der Waals surface area contributed by atoms with E-state index < -0.39 is 10.0 Å². The third-order valence-electron chi connectivity index (χ3n) is 4.05. The van der Waals surface area contributed by atoms with Crippen LogP contribution in [0.1, 0.15) is 29.8 Å². The molecule has 0 aliphatic rings. The maximum atomic E-state index is 12.2. The fourth-order valence-electron chi connectivity index (χ4n) is 2.52. The first-order chi connectivity index (χ1) is 12.3. The number of nitrogens with one attached hydrogen (secondary N) is 1. The Balaban J connectivity index is 1.88. The molecule has 2 aromatic rings. The van der Waals surface area contributed by atoms with E-state index in [1.54, 1.807) is 24.4 Å². The van der Waals surface area contributed by atoms with Gasteiger partial charge in [0.15, 0.2) is 0 Å². The van der Waals surface area contributed by atoms with Gasteiger partial charge >= 0.3 is 0 Å². The fraction of sp³-hybridized carbons (Fsp3) is 0.333. The maximum Gasteiger partial charge on any atom is 0.252 e. The van der Waals surface area contributed by atoms with E-state index in [9.17, 15) is 13.2 Å². The third-order valence-corrected chi connectivity index (χ3v) is 4.98. The molecule has 8 heteroatoms. The molecule has 140 valence electrons. The van der Waals surface area contributed by atoms with E-state index in [0.717, 1.165) is 24.5 Å². The van der Waals surface area contributed by atoms with Crippen LogP contribution in [0.2, 0.25) is 0 Å². The first-order valence-electron chi connectivity index (χ1n) is 8.46. The molecule has 26 heavy (non-hydrogen) atoms. The van der Waals surface area contributed by atoms with Crippen LogP contribution in [0.5, 0.6) is 0 Å². The maximum absolute atomic E-state index is 12.2. The average molecular weight is 376 g/mol. The molecule has 1 aromatic carbocycles. The number of hydrogen-bond donors (Lipinski definition) is 2. The molecule has 1 aromatic heterocycles. The highest BCUT2D eigenvalue weighted by molar-refractivity contribution is 7.89. The summed E-state index contributed by atoms with van der Waals surface area (Å²) in [6.45, 7) is 6.27. The van der Waals surface area contributed by atoms with Crippen LogP contribution >= 0.6 is 0 Å². The van der Waals surface area contributed by atoms with Crippen molar-refractivity contribution in [3.63, 3.8) is 0 Å². The molecule has 0 aliphatic heterocycles. The highest BCUT2D eigenvalue weighted by Crippen LogP contribution is 2.11. The normalized spacial score (nSPS) is 11.2. The molecule has 0 bridgehead atoms. The number of carbonyl (C=O) groups excluding carboxylic acids is 1. The van der Waals surface area contributed by atoms with Crippen LogP contribution in [-0.4, -0.2) is 38.9 Å². The summed E-state index contributed by atoms with van der Waals surface area (Å²) in [7, 11) is -3.68. The van der Waals surface area contributed by atoms with Crippen LogP contribution in [0.4, 0.5) is 5.82 Å². The summed E-state index contributed by atoms with van der Waals surface area (Å²) in [5.74, 6) is 0.659. The number of benzene rings is 1. The van der Waals surface area contributed by atoms with Crippen molar-refractivity contribution in [2.45, 2.75) is 25.2 Å². The van der Waals surface area contributed by atoms with Gasteiger partial charge in [-0.15, -0.1) is 0 Å². The van der Waals surface area contributed by atoms with Gasteiger partial charge in [-0.3, -0.25) is 4.79 Å². The summed E-state index contributed by atoms with van der Waals surface area (Å²) < 4.78 is 22.4. The van der Waals surface area contributed by atoms with Gasteiger partial charge in [0.05, 0.1) is 10.5 Å². The van der Waals surface area contributed by atoms with E-state index in [4.69, 9.17) is 5.14 Å². The minimum atomic E-state index is -3.68. The first kappa shape index (κ1) is 19.9. The lowest BCUT2D eigenvalue weighted by molar-refractivity contribution is 0.0954. The second-order valence-electron chi connectivity index (χ2n) is 5.77. The van der Waals surface area contributed by atoms with Crippen molar-refractivity contribution < 1.29 is 13.2 Å². The molecule has 1 amide bonds. The number of hydrogen-bond acceptors (Lipinski definition) is 5. The second kappa shape index (κ2) is 8.77. The molecular weight excluding hydrogens is 352 g/mol. The Hall–Kier alpha value is -2.45. The number of anilines is 1. The van der Waals surface area contributed by atoms with Crippen LogP contribution in [0, 0.1) is 0 Å². The third kappa shape index (κ3) is 5.27. The molecule has 0 aliphatic carbocycles. The number of nitrogens with two attached hydrogens (primary N) is 1.